The molecule has 0 bridgehead atoms. The van der Waals surface area contributed by atoms with Crippen molar-refractivity contribution in [3.05, 3.63) is 88.7 Å². The summed E-state index contributed by atoms with van der Waals surface area (Å²) in [7, 11) is -3.90. The summed E-state index contributed by atoms with van der Waals surface area (Å²) in [5.74, 6) is -0.742. The first kappa shape index (κ1) is 23.2. The molecule has 0 atom stereocenters. The lowest BCUT2D eigenvalue weighted by Crippen LogP contribution is -2.48. The van der Waals surface area contributed by atoms with Gasteiger partial charge in [-0.3, -0.25) is 4.79 Å². The highest BCUT2D eigenvalue weighted by Crippen LogP contribution is 2.28. The molecule has 3 aromatic rings. The highest BCUT2D eigenvalue weighted by atomic mass is 35.5. The zero-order valence-corrected chi connectivity index (χ0v) is 19.5. The summed E-state index contributed by atoms with van der Waals surface area (Å²) in [6.45, 7) is 3.35. The Morgan fingerprint density at radius 3 is 2.21 bits per heavy atom. The quantitative estimate of drug-likeness (QED) is 0.573. The van der Waals surface area contributed by atoms with Crippen molar-refractivity contribution in [3.63, 3.8) is 0 Å². The van der Waals surface area contributed by atoms with Gasteiger partial charge in [0.2, 0.25) is 10.0 Å². The Hall–Kier alpha value is -2.94. The van der Waals surface area contributed by atoms with Crippen LogP contribution in [0.5, 0.6) is 0 Å². The van der Waals surface area contributed by atoms with Gasteiger partial charge in [0, 0.05) is 43.1 Å². The van der Waals surface area contributed by atoms with Crippen molar-refractivity contribution >= 4 is 38.9 Å². The summed E-state index contributed by atoms with van der Waals surface area (Å²) >= 11 is 6.24. The number of hydrogen-bond donors (Lipinski definition) is 1. The third-order valence-corrected chi connectivity index (χ3v) is 7.93. The van der Waals surface area contributed by atoms with Crippen LogP contribution in [0.15, 0.2) is 71.6 Å². The Labute approximate surface area is 197 Å². The fraction of sp³-hybridized carbons (Fsp3) is 0.208. The molecule has 1 fully saturated rings. The van der Waals surface area contributed by atoms with Gasteiger partial charge in [-0.2, -0.15) is 4.31 Å². The van der Waals surface area contributed by atoms with Crippen molar-refractivity contribution in [2.75, 3.05) is 36.4 Å². The average Bonchev–Trinajstić information content (AvgIpc) is 2.81. The molecule has 0 spiro atoms. The molecule has 1 amide bonds. The SMILES string of the molecule is Cc1ccc(NC(=O)c2ccc(Cl)c(S(=O)(=O)N3CCN(c4ccc(F)cc4)CC3)c2)cc1. The van der Waals surface area contributed by atoms with Crippen LogP contribution in [-0.2, 0) is 10.0 Å². The highest BCUT2D eigenvalue weighted by Gasteiger charge is 2.31. The Morgan fingerprint density at radius 1 is 0.939 bits per heavy atom. The zero-order valence-electron chi connectivity index (χ0n) is 18.0. The molecule has 6 nitrogen and oxygen atoms in total. The predicted molar refractivity (Wildman–Crippen MR) is 128 cm³/mol. The number of benzene rings is 3. The minimum Gasteiger partial charge on any atom is -0.369 e. The summed E-state index contributed by atoms with van der Waals surface area (Å²) in [6.07, 6.45) is 0. The van der Waals surface area contributed by atoms with E-state index in [4.69, 9.17) is 11.6 Å². The van der Waals surface area contributed by atoms with E-state index in [0.717, 1.165) is 11.3 Å². The maximum absolute atomic E-state index is 13.3. The molecule has 172 valence electrons. The summed E-state index contributed by atoms with van der Waals surface area (Å²) < 4.78 is 41.2. The minimum absolute atomic E-state index is 0.0582. The van der Waals surface area contributed by atoms with E-state index in [2.05, 4.69) is 5.32 Å². The molecule has 0 aliphatic carbocycles. The first-order chi connectivity index (χ1) is 15.7. The van der Waals surface area contributed by atoms with Gasteiger partial charge < -0.3 is 10.2 Å². The molecule has 4 rings (SSSR count). The zero-order chi connectivity index (χ0) is 23.6. The maximum Gasteiger partial charge on any atom is 0.255 e. The number of carbonyl (C=O) groups excluding carboxylic acids is 1. The molecular weight excluding hydrogens is 465 g/mol. The van der Waals surface area contributed by atoms with Crippen LogP contribution in [0.4, 0.5) is 15.8 Å². The van der Waals surface area contributed by atoms with Gasteiger partial charge in [-0.25, -0.2) is 12.8 Å². The number of hydrogen-bond acceptors (Lipinski definition) is 4. The number of carbonyl (C=O) groups is 1. The van der Waals surface area contributed by atoms with Crippen LogP contribution in [0.2, 0.25) is 5.02 Å². The molecule has 1 N–H and O–H groups in total. The van der Waals surface area contributed by atoms with Crippen molar-refractivity contribution in [3.8, 4) is 0 Å². The molecule has 0 radical (unpaired) electrons. The summed E-state index contributed by atoms with van der Waals surface area (Å²) in [5.41, 5.74) is 2.71. The van der Waals surface area contributed by atoms with Gasteiger partial charge in [-0.15, -0.1) is 0 Å². The number of piperazine rings is 1. The highest BCUT2D eigenvalue weighted by molar-refractivity contribution is 7.89. The van der Waals surface area contributed by atoms with Crippen molar-refractivity contribution < 1.29 is 17.6 Å². The van der Waals surface area contributed by atoms with Crippen molar-refractivity contribution in [1.29, 1.82) is 0 Å². The third kappa shape index (κ3) is 5.19. The van der Waals surface area contributed by atoms with Gasteiger partial charge in [0.1, 0.15) is 10.7 Å². The molecule has 1 aliphatic heterocycles. The molecule has 0 aromatic heterocycles. The van der Waals surface area contributed by atoms with Crippen molar-refractivity contribution in [2.45, 2.75) is 11.8 Å². The lowest BCUT2D eigenvalue weighted by molar-refractivity contribution is 0.102. The van der Waals surface area contributed by atoms with E-state index in [9.17, 15) is 17.6 Å². The lowest BCUT2D eigenvalue weighted by atomic mass is 10.2. The maximum atomic E-state index is 13.3. The van der Waals surface area contributed by atoms with Crippen LogP contribution in [0.1, 0.15) is 15.9 Å². The van der Waals surface area contributed by atoms with Crippen LogP contribution >= 0.6 is 11.6 Å². The van der Waals surface area contributed by atoms with Gasteiger partial charge in [-0.1, -0.05) is 29.3 Å². The minimum atomic E-state index is -3.90. The number of aryl methyl sites for hydroxylation is 1. The second-order valence-electron chi connectivity index (χ2n) is 7.83. The topological polar surface area (TPSA) is 69.7 Å². The Kier molecular flexibility index (Phi) is 6.69. The molecular formula is C24H23ClFN3O3S. The van der Waals surface area contributed by atoms with E-state index < -0.39 is 15.9 Å². The fourth-order valence-corrected chi connectivity index (χ4v) is 5.58. The molecule has 33 heavy (non-hydrogen) atoms. The lowest BCUT2D eigenvalue weighted by Gasteiger charge is -2.35. The standard InChI is InChI=1S/C24H23ClFN3O3S/c1-17-2-7-20(8-3-17)27-24(30)18-4-11-22(25)23(16-18)33(31,32)29-14-12-28(13-15-29)21-9-5-19(26)6-10-21/h2-11,16H,12-15H2,1H3,(H,27,30). The molecule has 0 unspecified atom stereocenters. The number of halogens is 2. The number of rotatable bonds is 5. The molecule has 1 saturated heterocycles. The molecule has 1 heterocycles. The summed E-state index contributed by atoms with van der Waals surface area (Å²) in [5, 5.41) is 2.83. The van der Waals surface area contributed by atoms with Crippen LogP contribution < -0.4 is 10.2 Å². The summed E-state index contributed by atoms with van der Waals surface area (Å²) in [4.78, 5) is 14.6. The van der Waals surface area contributed by atoms with Gasteiger partial charge in [0.05, 0.1) is 5.02 Å². The number of sulfonamides is 1. The normalized spacial score (nSPS) is 14.8. The number of nitrogens with zero attached hydrogens (tertiary/aromatic N) is 2. The van der Waals surface area contributed by atoms with E-state index in [1.54, 1.807) is 24.3 Å². The third-order valence-electron chi connectivity index (χ3n) is 5.55. The van der Waals surface area contributed by atoms with Crippen molar-refractivity contribution in [1.82, 2.24) is 4.31 Å². The molecule has 3 aromatic carbocycles. The van der Waals surface area contributed by atoms with Crippen LogP contribution in [0.25, 0.3) is 0 Å². The molecule has 9 heteroatoms. The van der Waals surface area contributed by atoms with Crippen LogP contribution in [0, 0.1) is 12.7 Å². The largest absolute Gasteiger partial charge is 0.369 e. The van der Waals surface area contributed by atoms with Gasteiger partial charge in [0.15, 0.2) is 0 Å². The Balaban J connectivity index is 1.50. The van der Waals surface area contributed by atoms with Gasteiger partial charge >= 0.3 is 0 Å². The molecule has 1 aliphatic rings. The van der Waals surface area contributed by atoms with Crippen LogP contribution in [-0.4, -0.2) is 44.8 Å². The monoisotopic (exact) mass is 487 g/mol. The van der Waals surface area contributed by atoms with Crippen molar-refractivity contribution in [2.24, 2.45) is 0 Å². The Morgan fingerprint density at radius 2 is 1.58 bits per heavy atom. The van der Waals surface area contributed by atoms with Gasteiger partial charge in [-0.05, 0) is 61.5 Å². The fourth-order valence-electron chi connectivity index (χ4n) is 3.66. The summed E-state index contributed by atoms with van der Waals surface area (Å²) in [6, 6.07) is 17.6. The number of amides is 1. The van der Waals surface area contributed by atoms with Crippen LogP contribution in [0.3, 0.4) is 0 Å². The first-order valence-electron chi connectivity index (χ1n) is 10.4. The van der Waals surface area contributed by atoms with E-state index in [0.29, 0.717) is 18.8 Å². The molecule has 0 saturated carbocycles. The van der Waals surface area contributed by atoms with E-state index in [1.807, 2.05) is 24.0 Å². The van der Waals surface area contributed by atoms with E-state index in [1.165, 1.54) is 34.6 Å². The first-order valence-corrected chi connectivity index (χ1v) is 12.2. The Bertz CT molecular complexity index is 1260. The second kappa shape index (κ2) is 9.51. The number of nitrogens with one attached hydrogen (secondary N) is 1. The van der Waals surface area contributed by atoms with E-state index >= 15 is 0 Å². The number of anilines is 2. The smallest absolute Gasteiger partial charge is 0.255 e. The van der Waals surface area contributed by atoms with Gasteiger partial charge in [0.25, 0.3) is 5.91 Å². The second-order valence-corrected chi connectivity index (χ2v) is 10.1. The predicted octanol–water partition coefficient (Wildman–Crippen LogP) is 4.55. The average molecular weight is 488 g/mol. The van der Waals surface area contributed by atoms with E-state index in [-0.39, 0.29) is 34.4 Å².